The van der Waals surface area contributed by atoms with Crippen LogP contribution in [0.2, 0.25) is 10.0 Å². The molecule has 0 spiro atoms. The summed E-state index contributed by atoms with van der Waals surface area (Å²) in [4.78, 5) is 4.42. The van der Waals surface area contributed by atoms with Crippen molar-refractivity contribution in [1.82, 2.24) is 19.2 Å². The van der Waals surface area contributed by atoms with E-state index in [0.29, 0.717) is 15.9 Å². The van der Waals surface area contributed by atoms with Crippen LogP contribution in [-0.2, 0) is 0 Å². The predicted molar refractivity (Wildman–Crippen MR) is 110 cm³/mol. The minimum Gasteiger partial charge on any atom is -0.383 e. The first-order valence-electron chi connectivity index (χ1n) is 8.26. The highest BCUT2D eigenvalue weighted by Gasteiger charge is 2.11. The molecule has 27 heavy (non-hydrogen) atoms. The Morgan fingerprint density at radius 1 is 0.926 bits per heavy atom. The zero-order valence-electron chi connectivity index (χ0n) is 14.0. The Hall–Kier alpha value is -3.02. The number of anilines is 1. The van der Waals surface area contributed by atoms with Crippen LogP contribution in [0.1, 0.15) is 0 Å². The maximum absolute atomic E-state index is 6.30. The van der Waals surface area contributed by atoms with Gasteiger partial charge in [-0.05, 0) is 42.0 Å². The summed E-state index contributed by atoms with van der Waals surface area (Å²) < 4.78 is 3.69. The van der Waals surface area contributed by atoms with Crippen LogP contribution in [0, 0.1) is 0 Å². The third-order valence-corrected chi connectivity index (χ3v) is 5.02. The molecule has 0 aliphatic heterocycles. The Bertz CT molecular complexity index is 1300. The summed E-state index contributed by atoms with van der Waals surface area (Å²) in [5.41, 5.74) is 10.8. The number of nitrogens with two attached hydrogens (primary N) is 1. The largest absolute Gasteiger partial charge is 0.383 e. The molecule has 3 aromatic heterocycles. The van der Waals surface area contributed by atoms with E-state index in [-0.39, 0.29) is 0 Å². The lowest BCUT2D eigenvalue weighted by molar-refractivity contribution is 0.954. The summed E-state index contributed by atoms with van der Waals surface area (Å²) in [7, 11) is 0. The monoisotopic (exact) mass is 393 g/mol. The summed E-state index contributed by atoms with van der Waals surface area (Å²) >= 11 is 12.3. The van der Waals surface area contributed by atoms with Crippen molar-refractivity contribution >= 4 is 45.6 Å². The van der Waals surface area contributed by atoms with Crippen LogP contribution in [0.25, 0.3) is 33.4 Å². The molecule has 5 nitrogen and oxygen atoms in total. The zero-order chi connectivity index (χ0) is 18.5. The molecular formula is C20H13Cl2N5. The van der Waals surface area contributed by atoms with Crippen molar-refractivity contribution in [3.63, 3.8) is 0 Å². The quantitative estimate of drug-likeness (QED) is 0.446. The van der Waals surface area contributed by atoms with E-state index in [9.17, 15) is 0 Å². The standard InChI is InChI=1S/C20H13Cl2N5/c21-14-8-15(22)10-16(9-14)26-6-4-13-7-12(1-2-18(13)26)17-11-24-19-3-5-25-27(19)20(17)23/h1-11H,23H2. The van der Waals surface area contributed by atoms with E-state index in [4.69, 9.17) is 28.9 Å². The second-order valence-electron chi connectivity index (χ2n) is 6.25. The summed E-state index contributed by atoms with van der Waals surface area (Å²) in [5.74, 6) is 0.561. The first kappa shape index (κ1) is 16.2. The van der Waals surface area contributed by atoms with Crippen molar-refractivity contribution in [2.24, 2.45) is 0 Å². The van der Waals surface area contributed by atoms with Gasteiger partial charge < -0.3 is 10.3 Å². The molecule has 0 saturated carbocycles. The zero-order valence-corrected chi connectivity index (χ0v) is 15.5. The number of aromatic nitrogens is 4. The van der Waals surface area contributed by atoms with Crippen LogP contribution in [0.5, 0.6) is 0 Å². The maximum atomic E-state index is 6.30. The summed E-state index contributed by atoms with van der Waals surface area (Å²) in [6.45, 7) is 0. The molecule has 0 fully saturated rings. The highest BCUT2D eigenvalue weighted by atomic mass is 35.5. The van der Waals surface area contributed by atoms with Gasteiger partial charge in [0.25, 0.3) is 0 Å². The van der Waals surface area contributed by atoms with Crippen LogP contribution < -0.4 is 5.73 Å². The van der Waals surface area contributed by atoms with Crippen molar-refractivity contribution in [2.75, 3.05) is 5.73 Å². The molecular weight excluding hydrogens is 381 g/mol. The van der Waals surface area contributed by atoms with Crippen molar-refractivity contribution in [3.05, 3.63) is 77.2 Å². The predicted octanol–water partition coefficient (Wildman–Crippen LogP) is 5.23. The van der Waals surface area contributed by atoms with Crippen LogP contribution in [0.3, 0.4) is 0 Å². The Labute approximate surface area is 164 Å². The van der Waals surface area contributed by atoms with E-state index in [0.717, 1.165) is 33.4 Å². The Morgan fingerprint density at radius 3 is 2.56 bits per heavy atom. The molecule has 0 radical (unpaired) electrons. The normalized spacial score (nSPS) is 11.5. The lowest BCUT2D eigenvalue weighted by Gasteiger charge is -2.09. The Balaban J connectivity index is 1.65. The van der Waals surface area contributed by atoms with Gasteiger partial charge in [-0.3, -0.25) is 0 Å². The lowest BCUT2D eigenvalue weighted by Crippen LogP contribution is -2.02. The average Bonchev–Trinajstić information content (AvgIpc) is 3.28. The van der Waals surface area contributed by atoms with Gasteiger partial charge >= 0.3 is 0 Å². The molecule has 0 atom stereocenters. The first-order valence-corrected chi connectivity index (χ1v) is 9.02. The van der Waals surface area contributed by atoms with Gasteiger partial charge in [-0.25, -0.2) is 4.98 Å². The first-order chi connectivity index (χ1) is 13.1. The third-order valence-electron chi connectivity index (χ3n) is 4.58. The van der Waals surface area contributed by atoms with Gasteiger partial charge in [0, 0.05) is 45.1 Å². The fourth-order valence-corrected chi connectivity index (χ4v) is 3.84. The van der Waals surface area contributed by atoms with Crippen LogP contribution in [0.4, 0.5) is 5.82 Å². The van der Waals surface area contributed by atoms with Gasteiger partial charge in [0.05, 0.1) is 11.7 Å². The fraction of sp³-hybridized carbons (Fsp3) is 0. The number of hydrogen-bond donors (Lipinski definition) is 1. The maximum Gasteiger partial charge on any atom is 0.157 e. The molecule has 132 valence electrons. The van der Waals surface area contributed by atoms with Gasteiger partial charge in [0.2, 0.25) is 0 Å². The molecule has 7 heteroatoms. The highest BCUT2D eigenvalue weighted by Crippen LogP contribution is 2.31. The summed E-state index contributed by atoms with van der Waals surface area (Å²) in [6, 6.07) is 15.5. The molecule has 3 heterocycles. The highest BCUT2D eigenvalue weighted by molar-refractivity contribution is 6.34. The molecule has 5 rings (SSSR count). The molecule has 5 aromatic rings. The fourth-order valence-electron chi connectivity index (χ4n) is 3.33. The molecule has 0 bridgehead atoms. The average molecular weight is 394 g/mol. The summed E-state index contributed by atoms with van der Waals surface area (Å²) in [5, 5.41) is 6.50. The molecule has 2 N–H and O–H groups in total. The van der Waals surface area contributed by atoms with Gasteiger partial charge in [-0.1, -0.05) is 29.3 Å². The van der Waals surface area contributed by atoms with E-state index in [1.165, 1.54) is 0 Å². The van der Waals surface area contributed by atoms with E-state index in [1.807, 2.05) is 42.6 Å². The van der Waals surface area contributed by atoms with Crippen molar-refractivity contribution in [2.45, 2.75) is 0 Å². The molecule has 0 aliphatic rings. The second-order valence-corrected chi connectivity index (χ2v) is 7.12. The molecule has 0 unspecified atom stereocenters. The Morgan fingerprint density at radius 2 is 1.74 bits per heavy atom. The number of hydrogen-bond acceptors (Lipinski definition) is 3. The number of rotatable bonds is 2. The number of benzene rings is 2. The molecule has 0 saturated heterocycles. The van der Waals surface area contributed by atoms with Crippen LogP contribution >= 0.6 is 23.2 Å². The minimum atomic E-state index is 0.561. The van der Waals surface area contributed by atoms with Crippen molar-refractivity contribution in [1.29, 1.82) is 0 Å². The number of halogens is 2. The molecule has 0 aliphatic carbocycles. The van der Waals surface area contributed by atoms with Gasteiger partial charge in [-0.2, -0.15) is 9.61 Å². The number of fused-ring (bicyclic) bond motifs is 2. The van der Waals surface area contributed by atoms with Crippen molar-refractivity contribution in [3.8, 4) is 16.8 Å². The van der Waals surface area contributed by atoms with Gasteiger partial charge in [0.15, 0.2) is 5.65 Å². The smallest absolute Gasteiger partial charge is 0.157 e. The van der Waals surface area contributed by atoms with E-state index in [1.54, 1.807) is 23.0 Å². The lowest BCUT2D eigenvalue weighted by atomic mass is 10.1. The van der Waals surface area contributed by atoms with E-state index < -0.39 is 0 Å². The van der Waals surface area contributed by atoms with Crippen LogP contribution in [-0.4, -0.2) is 19.2 Å². The van der Waals surface area contributed by atoms with Gasteiger partial charge in [-0.15, -0.1) is 0 Å². The van der Waals surface area contributed by atoms with Crippen molar-refractivity contribution < 1.29 is 0 Å². The third kappa shape index (κ3) is 2.63. The van der Waals surface area contributed by atoms with E-state index in [2.05, 4.69) is 20.7 Å². The second kappa shape index (κ2) is 6.01. The van der Waals surface area contributed by atoms with Crippen LogP contribution in [0.15, 0.2) is 67.1 Å². The Kier molecular flexibility index (Phi) is 3.60. The topological polar surface area (TPSA) is 61.1 Å². The molecule has 0 amide bonds. The van der Waals surface area contributed by atoms with Gasteiger partial charge in [0.1, 0.15) is 5.82 Å². The minimum absolute atomic E-state index is 0.561. The molecule has 2 aromatic carbocycles. The SMILES string of the molecule is Nc1c(-c2ccc3c(ccn3-c3cc(Cl)cc(Cl)c3)c2)cnc2ccnn12. The summed E-state index contributed by atoms with van der Waals surface area (Å²) in [6.07, 6.45) is 5.46. The number of nitrogen functional groups attached to an aromatic ring is 1. The number of nitrogens with zero attached hydrogens (tertiary/aromatic N) is 4. The van der Waals surface area contributed by atoms with E-state index >= 15 is 0 Å².